The fourth-order valence-electron chi connectivity index (χ4n) is 1.56. The number of halogens is 1. The third-order valence-corrected chi connectivity index (χ3v) is 2.65. The Labute approximate surface area is 99.9 Å². The molecule has 2 nitrogen and oxygen atoms in total. The minimum atomic E-state index is 0.397. The van der Waals surface area contributed by atoms with Gasteiger partial charge in [0.1, 0.15) is 5.75 Å². The molecule has 0 N–H and O–H groups in total. The summed E-state index contributed by atoms with van der Waals surface area (Å²) in [5, 5.41) is 0. The molecule has 2 aromatic rings. The van der Waals surface area contributed by atoms with Gasteiger partial charge in [-0.1, -0.05) is 30.3 Å². The highest BCUT2D eigenvalue weighted by Gasteiger charge is 2.07. The Balaban J connectivity index is 2.53. The SMILES string of the molecule is COc1cnc(CCl)c(-c2ccccc2)c1. The number of methoxy groups -OCH3 is 1. The van der Waals surface area contributed by atoms with E-state index in [2.05, 4.69) is 4.98 Å². The van der Waals surface area contributed by atoms with Crippen molar-refractivity contribution in [1.82, 2.24) is 4.98 Å². The van der Waals surface area contributed by atoms with Crippen LogP contribution in [0.2, 0.25) is 0 Å². The second-order valence-electron chi connectivity index (χ2n) is 3.37. The monoisotopic (exact) mass is 233 g/mol. The van der Waals surface area contributed by atoms with Gasteiger partial charge < -0.3 is 4.74 Å². The molecule has 0 aliphatic heterocycles. The van der Waals surface area contributed by atoms with Crippen molar-refractivity contribution in [3.05, 3.63) is 48.3 Å². The molecule has 0 bridgehead atoms. The summed E-state index contributed by atoms with van der Waals surface area (Å²) in [5.41, 5.74) is 2.99. The molecule has 16 heavy (non-hydrogen) atoms. The van der Waals surface area contributed by atoms with Crippen molar-refractivity contribution in [2.24, 2.45) is 0 Å². The molecule has 0 aliphatic carbocycles. The molecule has 2 rings (SSSR count). The maximum absolute atomic E-state index is 5.87. The Bertz CT molecular complexity index is 471. The van der Waals surface area contributed by atoms with E-state index in [-0.39, 0.29) is 0 Å². The summed E-state index contributed by atoms with van der Waals surface area (Å²) in [7, 11) is 1.63. The van der Waals surface area contributed by atoms with E-state index < -0.39 is 0 Å². The van der Waals surface area contributed by atoms with Crippen LogP contribution in [0.3, 0.4) is 0 Å². The summed E-state index contributed by atoms with van der Waals surface area (Å²) in [6.45, 7) is 0. The third kappa shape index (κ3) is 2.17. The number of ether oxygens (including phenoxy) is 1. The maximum atomic E-state index is 5.87. The third-order valence-electron chi connectivity index (χ3n) is 2.39. The van der Waals surface area contributed by atoms with Crippen molar-refractivity contribution in [3.8, 4) is 16.9 Å². The molecular weight excluding hydrogens is 222 g/mol. The fraction of sp³-hybridized carbons (Fsp3) is 0.154. The Morgan fingerprint density at radius 1 is 1.25 bits per heavy atom. The zero-order chi connectivity index (χ0) is 11.4. The van der Waals surface area contributed by atoms with Crippen molar-refractivity contribution in [1.29, 1.82) is 0 Å². The highest BCUT2D eigenvalue weighted by atomic mass is 35.5. The number of benzene rings is 1. The van der Waals surface area contributed by atoms with Crippen LogP contribution in [0, 0.1) is 0 Å². The van der Waals surface area contributed by atoms with Crippen LogP contribution >= 0.6 is 11.6 Å². The molecule has 0 saturated heterocycles. The van der Waals surface area contributed by atoms with E-state index in [1.54, 1.807) is 13.3 Å². The first-order valence-electron chi connectivity index (χ1n) is 4.99. The van der Waals surface area contributed by atoms with Crippen molar-refractivity contribution in [2.45, 2.75) is 5.88 Å². The van der Waals surface area contributed by atoms with Gasteiger partial charge >= 0.3 is 0 Å². The highest BCUT2D eigenvalue weighted by molar-refractivity contribution is 6.17. The normalized spacial score (nSPS) is 10.1. The average molecular weight is 234 g/mol. The Kier molecular flexibility index (Phi) is 3.42. The molecule has 0 unspecified atom stereocenters. The molecule has 0 aliphatic rings. The van der Waals surface area contributed by atoms with Gasteiger partial charge in [0.15, 0.2) is 0 Å². The topological polar surface area (TPSA) is 22.1 Å². The smallest absolute Gasteiger partial charge is 0.137 e. The number of hydrogen-bond acceptors (Lipinski definition) is 2. The molecular formula is C13H12ClNO. The van der Waals surface area contributed by atoms with Gasteiger partial charge in [-0.05, 0) is 11.6 Å². The molecule has 0 radical (unpaired) electrons. The van der Waals surface area contributed by atoms with E-state index in [4.69, 9.17) is 16.3 Å². The fourth-order valence-corrected chi connectivity index (χ4v) is 1.77. The van der Waals surface area contributed by atoms with Crippen LogP contribution in [0.5, 0.6) is 5.75 Å². The van der Waals surface area contributed by atoms with E-state index >= 15 is 0 Å². The van der Waals surface area contributed by atoms with E-state index in [0.29, 0.717) is 5.88 Å². The van der Waals surface area contributed by atoms with Gasteiger partial charge in [0, 0.05) is 5.56 Å². The first-order chi connectivity index (χ1) is 7.85. The molecule has 82 valence electrons. The van der Waals surface area contributed by atoms with Crippen LogP contribution in [0.25, 0.3) is 11.1 Å². The summed E-state index contributed by atoms with van der Waals surface area (Å²) in [6.07, 6.45) is 1.68. The van der Waals surface area contributed by atoms with Gasteiger partial charge in [0.2, 0.25) is 0 Å². The van der Waals surface area contributed by atoms with E-state index in [0.717, 1.165) is 22.6 Å². The van der Waals surface area contributed by atoms with Gasteiger partial charge in [-0.2, -0.15) is 0 Å². The lowest BCUT2D eigenvalue weighted by Gasteiger charge is -2.08. The van der Waals surface area contributed by atoms with Crippen LogP contribution in [-0.2, 0) is 5.88 Å². The Morgan fingerprint density at radius 3 is 2.62 bits per heavy atom. The van der Waals surface area contributed by atoms with E-state index in [1.807, 2.05) is 36.4 Å². The molecule has 1 aromatic heterocycles. The number of alkyl halides is 1. The molecule has 0 amide bonds. The molecule has 1 heterocycles. The standard InChI is InChI=1S/C13H12ClNO/c1-16-11-7-12(13(8-14)15-9-11)10-5-3-2-4-6-10/h2-7,9H,8H2,1H3. The van der Waals surface area contributed by atoms with Crippen molar-refractivity contribution in [2.75, 3.05) is 7.11 Å². The largest absolute Gasteiger partial charge is 0.495 e. The number of rotatable bonds is 3. The molecule has 1 aromatic carbocycles. The first-order valence-corrected chi connectivity index (χ1v) is 5.53. The van der Waals surface area contributed by atoms with Gasteiger partial charge in [0.05, 0.1) is 24.9 Å². The van der Waals surface area contributed by atoms with Gasteiger partial charge in [-0.15, -0.1) is 11.6 Å². The summed E-state index contributed by atoms with van der Waals surface area (Å²) in [4.78, 5) is 4.29. The van der Waals surface area contributed by atoms with Crippen molar-refractivity contribution in [3.63, 3.8) is 0 Å². The number of pyridine rings is 1. The van der Waals surface area contributed by atoms with E-state index in [1.165, 1.54) is 0 Å². The van der Waals surface area contributed by atoms with Gasteiger partial charge in [0.25, 0.3) is 0 Å². The number of aromatic nitrogens is 1. The lowest BCUT2D eigenvalue weighted by atomic mass is 10.0. The van der Waals surface area contributed by atoms with Gasteiger partial charge in [-0.3, -0.25) is 4.98 Å². The molecule has 3 heteroatoms. The Morgan fingerprint density at radius 2 is 2.00 bits per heavy atom. The lowest BCUT2D eigenvalue weighted by molar-refractivity contribution is 0.413. The Hall–Kier alpha value is -1.54. The number of nitrogens with zero attached hydrogens (tertiary/aromatic N) is 1. The highest BCUT2D eigenvalue weighted by Crippen LogP contribution is 2.26. The van der Waals surface area contributed by atoms with Crippen LogP contribution in [-0.4, -0.2) is 12.1 Å². The molecule has 0 spiro atoms. The van der Waals surface area contributed by atoms with E-state index in [9.17, 15) is 0 Å². The zero-order valence-corrected chi connectivity index (χ0v) is 9.74. The summed E-state index contributed by atoms with van der Waals surface area (Å²) in [5.74, 6) is 1.14. The quantitative estimate of drug-likeness (QED) is 0.757. The number of hydrogen-bond donors (Lipinski definition) is 0. The molecule has 0 saturated carbocycles. The van der Waals surface area contributed by atoms with Crippen molar-refractivity contribution < 1.29 is 4.74 Å². The van der Waals surface area contributed by atoms with Gasteiger partial charge in [-0.25, -0.2) is 0 Å². The minimum absolute atomic E-state index is 0.397. The van der Waals surface area contributed by atoms with Crippen molar-refractivity contribution >= 4 is 11.6 Å². The lowest BCUT2D eigenvalue weighted by Crippen LogP contribution is -1.93. The van der Waals surface area contributed by atoms with Crippen LogP contribution in [0.15, 0.2) is 42.6 Å². The molecule has 0 fully saturated rings. The second-order valence-corrected chi connectivity index (χ2v) is 3.64. The maximum Gasteiger partial charge on any atom is 0.137 e. The average Bonchev–Trinajstić information content (AvgIpc) is 2.39. The van der Waals surface area contributed by atoms with Crippen LogP contribution in [0.1, 0.15) is 5.69 Å². The summed E-state index contributed by atoms with van der Waals surface area (Å²) < 4.78 is 5.17. The predicted octanol–water partition coefficient (Wildman–Crippen LogP) is 3.50. The molecule has 0 atom stereocenters. The zero-order valence-electron chi connectivity index (χ0n) is 8.98. The minimum Gasteiger partial charge on any atom is -0.495 e. The summed E-state index contributed by atoms with van der Waals surface area (Å²) in [6, 6.07) is 12.0. The van der Waals surface area contributed by atoms with Crippen LogP contribution in [0.4, 0.5) is 0 Å². The second kappa shape index (κ2) is 4.99. The predicted molar refractivity (Wildman–Crippen MR) is 65.8 cm³/mol. The summed E-state index contributed by atoms with van der Waals surface area (Å²) >= 11 is 5.87. The van der Waals surface area contributed by atoms with Crippen LogP contribution < -0.4 is 4.74 Å². The first kappa shape index (κ1) is 11.0.